The van der Waals surface area contributed by atoms with Gasteiger partial charge in [-0.25, -0.2) is 9.18 Å². The molecule has 0 bridgehead atoms. The summed E-state index contributed by atoms with van der Waals surface area (Å²) in [4.78, 5) is 11.7. The summed E-state index contributed by atoms with van der Waals surface area (Å²) in [6.07, 6.45) is -0.546. The van der Waals surface area contributed by atoms with Crippen LogP contribution in [0.3, 0.4) is 0 Å². The van der Waals surface area contributed by atoms with E-state index in [9.17, 15) is 9.18 Å². The summed E-state index contributed by atoms with van der Waals surface area (Å²) in [7, 11) is 0. The van der Waals surface area contributed by atoms with Gasteiger partial charge in [0.15, 0.2) is 0 Å². The van der Waals surface area contributed by atoms with E-state index in [-0.39, 0.29) is 17.3 Å². The van der Waals surface area contributed by atoms with Crippen molar-refractivity contribution in [2.24, 2.45) is 0 Å². The Morgan fingerprint density at radius 2 is 1.92 bits per heavy atom. The lowest BCUT2D eigenvalue weighted by atomic mass is 10.1. The molecule has 2 aromatic carbocycles. The number of nitrogens with one attached hydrogen (secondary N) is 1. The first-order chi connectivity index (χ1) is 11.6. The van der Waals surface area contributed by atoms with Gasteiger partial charge >= 0.3 is 6.09 Å². The van der Waals surface area contributed by atoms with Crippen LogP contribution in [0, 0.1) is 5.82 Å². The number of hydrogen-bond donors (Lipinski definition) is 2. The van der Waals surface area contributed by atoms with Crippen LogP contribution in [0.15, 0.2) is 36.4 Å². The average Bonchev–Trinajstić information content (AvgIpc) is 2.45. The van der Waals surface area contributed by atoms with Crippen molar-refractivity contribution >= 4 is 23.4 Å². The van der Waals surface area contributed by atoms with Crippen LogP contribution < -0.4 is 15.8 Å². The first-order valence-electron chi connectivity index (χ1n) is 7.61. The van der Waals surface area contributed by atoms with Gasteiger partial charge in [-0.2, -0.15) is 0 Å². The summed E-state index contributed by atoms with van der Waals surface area (Å²) < 4.78 is 24.1. The van der Waals surface area contributed by atoms with E-state index in [1.807, 2.05) is 0 Å². The highest BCUT2D eigenvalue weighted by atomic mass is 35.5. The third-order valence-electron chi connectivity index (χ3n) is 3.01. The number of halogens is 2. The number of nitrogens with two attached hydrogens (primary N) is 1. The highest BCUT2D eigenvalue weighted by molar-refractivity contribution is 6.30. The minimum absolute atomic E-state index is 0.169. The zero-order valence-electron chi connectivity index (χ0n) is 14.2. The Balaban J connectivity index is 2.08. The second-order valence-electron chi connectivity index (χ2n) is 6.42. The Hall–Kier alpha value is -2.47. The summed E-state index contributed by atoms with van der Waals surface area (Å²) in [5.41, 5.74) is 6.46. The van der Waals surface area contributed by atoms with Crippen LogP contribution in [-0.2, 0) is 11.3 Å². The Morgan fingerprint density at radius 1 is 1.20 bits per heavy atom. The molecule has 0 aromatic heterocycles. The van der Waals surface area contributed by atoms with Crippen LogP contribution in [0.5, 0.6) is 11.5 Å². The van der Waals surface area contributed by atoms with Gasteiger partial charge in [0, 0.05) is 23.3 Å². The third-order valence-corrected chi connectivity index (χ3v) is 3.23. The molecule has 0 atom stereocenters. The molecule has 0 saturated heterocycles. The van der Waals surface area contributed by atoms with Crippen LogP contribution in [0.1, 0.15) is 26.3 Å². The molecule has 0 radical (unpaired) electrons. The summed E-state index contributed by atoms with van der Waals surface area (Å²) in [6.45, 7) is 5.50. The van der Waals surface area contributed by atoms with Gasteiger partial charge in [-0.1, -0.05) is 11.6 Å². The number of alkyl carbamates (subject to hydrolysis) is 1. The zero-order chi connectivity index (χ0) is 18.6. The number of amides is 1. The molecule has 0 unspecified atom stereocenters. The van der Waals surface area contributed by atoms with E-state index in [1.54, 1.807) is 39.0 Å². The molecule has 2 rings (SSSR count). The minimum atomic E-state index is -0.586. The minimum Gasteiger partial charge on any atom is -0.457 e. The van der Waals surface area contributed by atoms with E-state index in [0.29, 0.717) is 17.0 Å². The second kappa shape index (κ2) is 7.61. The molecule has 0 aliphatic rings. The van der Waals surface area contributed by atoms with Gasteiger partial charge in [0.2, 0.25) is 0 Å². The molecule has 3 N–H and O–H groups in total. The first kappa shape index (κ1) is 18.9. The van der Waals surface area contributed by atoms with E-state index in [0.717, 1.165) is 0 Å². The van der Waals surface area contributed by atoms with E-state index < -0.39 is 17.5 Å². The largest absolute Gasteiger partial charge is 0.457 e. The number of benzene rings is 2. The standard InChI is InChI=1S/C18H20ClFN2O3/c1-18(2,3)25-17(23)22-10-11-6-14(4-5-16(11)21)24-15-8-12(19)7-13(20)9-15/h4-9H,10,21H2,1-3H3,(H,22,23). The molecule has 0 aliphatic heterocycles. The highest BCUT2D eigenvalue weighted by Crippen LogP contribution is 2.28. The normalized spacial score (nSPS) is 11.1. The van der Waals surface area contributed by atoms with Crippen molar-refractivity contribution in [2.45, 2.75) is 32.9 Å². The van der Waals surface area contributed by atoms with Crippen molar-refractivity contribution in [3.63, 3.8) is 0 Å². The summed E-state index contributed by atoms with van der Waals surface area (Å²) in [5.74, 6) is 0.211. The number of nitrogen functional groups attached to an aromatic ring is 1. The fraction of sp³-hybridized carbons (Fsp3) is 0.278. The molecule has 5 nitrogen and oxygen atoms in total. The molecule has 25 heavy (non-hydrogen) atoms. The van der Waals surface area contributed by atoms with Gasteiger partial charge in [0.05, 0.1) is 0 Å². The predicted octanol–water partition coefficient (Wildman–Crippen LogP) is 4.88. The van der Waals surface area contributed by atoms with Crippen molar-refractivity contribution in [1.29, 1.82) is 0 Å². The SMILES string of the molecule is CC(C)(C)OC(=O)NCc1cc(Oc2cc(F)cc(Cl)c2)ccc1N. The Bertz CT molecular complexity index is 755. The molecule has 134 valence electrons. The van der Waals surface area contributed by atoms with Crippen LogP contribution in [-0.4, -0.2) is 11.7 Å². The number of carbonyl (C=O) groups excluding carboxylic acids is 1. The summed E-state index contributed by atoms with van der Waals surface area (Å²) in [5, 5.41) is 2.86. The average molecular weight is 367 g/mol. The molecule has 2 aromatic rings. The molecular formula is C18H20ClFN2O3. The van der Waals surface area contributed by atoms with Crippen LogP contribution in [0.25, 0.3) is 0 Å². The fourth-order valence-corrected chi connectivity index (χ4v) is 2.22. The van der Waals surface area contributed by atoms with Crippen LogP contribution in [0.2, 0.25) is 5.02 Å². The van der Waals surface area contributed by atoms with Crippen molar-refractivity contribution in [2.75, 3.05) is 5.73 Å². The topological polar surface area (TPSA) is 73.6 Å². The number of ether oxygens (including phenoxy) is 2. The molecule has 0 aliphatic carbocycles. The van der Waals surface area contributed by atoms with Gasteiger partial charge in [-0.15, -0.1) is 0 Å². The number of carbonyl (C=O) groups is 1. The van der Waals surface area contributed by atoms with Gasteiger partial charge in [-0.05, 0) is 56.7 Å². The number of hydrogen-bond acceptors (Lipinski definition) is 4. The van der Waals surface area contributed by atoms with Crippen molar-refractivity contribution < 1.29 is 18.7 Å². The molecule has 1 amide bonds. The maximum absolute atomic E-state index is 13.4. The molecule has 0 saturated carbocycles. The van der Waals surface area contributed by atoms with Gasteiger partial charge in [0.25, 0.3) is 0 Å². The van der Waals surface area contributed by atoms with Crippen LogP contribution in [0.4, 0.5) is 14.9 Å². The molecule has 0 fully saturated rings. The quantitative estimate of drug-likeness (QED) is 0.756. The Morgan fingerprint density at radius 3 is 2.56 bits per heavy atom. The van der Waals surface area contributed by atoms with E-state index in [1.165, 1.54) is 18.2 Å². The Labute approximate surface area is 150 Å². The lowest BCUT2D eigenvalue weighted by molar-refractivity contribution is 0.0523. The predicted molar refractivity (Wildman–Crippen MR) is 95.4 cm³/mol. The monoisotopic (exact) mass is 366 g/mol. The van der Waals surface area contributed by atoms with Crippen molar-refractivity contribution in [3.05, 3.63) is 52.8 Å². The van der Waals surface area contributed by atoms with Gasteiger partial charge in [-0.3, -0.25) is 0 Å². The molecule has 0 heterocycles. The Kier molecular flexibility index (Phi) is 5.74. The maximum Gasteiger partial charge on any atom is 0.407 e. The lowest BCUT2D eigenvalue weighted by Gasteiger charge is -2.20. The lowest BCUT2D eigenvalue weighted by Crippen LogP contribution is -2.32. The van der Waals surface area contributed by atoms with Gasteiger partial charge in [0.1, 0.15) is 22.9 Å². The van der Waals surface area contributed by atoms with Crippen LogP contribution >= 0.6 is 11.6 Å². The van der Waals surface area contributed by atoms with Crippen molar-refractivity contribution in [3.8, 4) is 11.5 Å². The van der Waals surface area contributed by atoms with Gasteiger partial charge < -0.3 is 20.5 Å². The smallest absolute Gasteiger partial charge is 0.407 e. The van der Waals surface area contributed by atoms with E-state index >= 15 is 0 Å². The second-order valence-corrected chi connectivity index (χ2v) is 6.86. The van der Waals surface area contributed by atoms with Crippen molar-refractivity contribution in [1.82, 2.24) is 5.32 Å². The number of anilines is 1. The molecular weight excluding hydrogens is 347 g/mol. The zero-order valence-corrected chi connectivity index (χ0v) is 15.0. The fourth-order valence-electron chi connectivity index (χ4n) is 2.00. The third kappa shape index (κ3) is 6.15. The first-order valence-corrected chi connectivity index (χ1v) is 7.99. The molecule has 0 spiro atoms. The van der Waals surface area contributed by atoms with E-state index in [2.05, 4.69) is 5.32 Å². The maximum atomic E-state index is 13.4. The molecule has 7 heteroatoms. The summed E-state index contributed by atoms with van der Waals surface area (Å²) in [6, 6.07) is 8.85. The van der Waals surface area contributed by atoms with E-state index in [4.69, 9.17) is 26.8 Å². The summed E-state index contributed by atoms with van der Waals surface area (Å²) >= 11 is 5.81. The number of rotatable bonds is 4. The highest BCUT2D eigenvalue weighted by Gasteiger charge is 2.16.